The van der Waals surface area contributed by atoms with E-state index in [2.05, 4.69) is 5.32 Å². The van der Waals surface area contributed by atoms with Crippen LogP contribution in [-0.2, 0) is 9.84 Å². The van der Waals surface area contributed by atoms with Crippen LogP contribution in [0.2, 0.25) is 0 Å². The first-order valence-electron chi connectivity index (χ1n) is 6.53. The molecule has 0 heterocycles. The van der Waals surface area contributed by atoms with Crippen LogP contribution in [0.4, 0.5) is 5.69 Å². The van der Waals surface area contributed by atoms with Gasteiger partial charge in [-0.15, -0.1) is 0 Å². The third-order valence-corrected chi connectivity index (χ3v) is 4.87. The molecule has 0 saturated carbocycles. The fourth-order valence-electron chi connectivity index (χ4n) is 1.50. The molecule has 108 valence electrons. The highest BCUT2D eigenvalue weighted by atomic mass is 32.2. The lowest BCUT2D eigenvalue weighted by atomic mass is 10.3. The van der Waals surface area contributed by atoms with Crippen molar-refractivity contribution in [2.24, 2.45) is 0 Å². The molecule has 1 N–H and O–H groups in total. The molecule has 0 saturated heterocycles. The molecular formula is C14H23NO3S. The van der Waals surface area contributed by atoms with Crippen molar-refractivity contribution in [2.45, 2.75) is 39.0 Å². The number of ether oxygens (including phenoxy) is 1. The standard InChI is InChI=1S/C14H23NO3S/c1-11(2)18-14-7-5-13(6-8-14)15-9-10-19(16,17)12(3)4/h5-8,11-12,15H,9-10H2,1-4H3. The van der Waals surface area contributed by atoms with Crippen molar-refractivity contribution in [1.29, 1.82) is 0 Å². The highest BCUT2D eigenvalue weighted by molar-refractivity contribution is 7.92. The third-order valence-electron chi connectivity index (χ3n) is 2.66. The van der Waals surface area contributed by atoms with Crippen molar-refractivity contribution in [3.05, 3.63) is 24.3 Å². The maximum Gasteiger partial charge on any atom is 0.154 e. The Kier molecular flexibility index (Phi) is 5.66. The zero-order valence-electron chi connectivity index (χ0n) is 12.0. The van der Waals surface area contributed by atoms with E-state index in [4.69, 9.17) is 4.74 Å². The van der Waals surface area contributed by atoms with Crippen molar-refractivity contribution in [2.75, 3.05) is 17.6 Å². The Morgan fingerprint density at radius 2 is 1.68 bits per heavy atom. The summed E-state index contributed by atoms with van der Waals surface area (Å²) in [6.45, 7) is 7.78. The Balaban J connectivity index is 2.47. The Morgan fingerprint density at radius 1 is 1.11 bits per heavy atom. The molecule has 0 unspecified atom stereocenters. The number of rotatable bonds is 7. The number of nitrogens with one attached hydrogen (secondary N) is 1. The number of hydrogen-bond donors (Lipinski definition) is 1. The summed E-state index contributed by atoms with van der Waals surface area (Å²) in [5, 5.41) is 2.78. The number of sulfone groups is 1. The predicted octanol–water partition coefficient (Wildman–Crippen LogP) is 2.71. The second-order valence-corrected chi connectivity index (χ2v) is 7.71. The predicted molar refractivity (Wildman–Crippen MR) is 79.6 cm³/mol. The van der Waals surface area contributed by atoms with Gasteiger partial charge in [0.15, 0.2) is 9.84 Å². The second-order valence-electron chi connectivity index (χ2n) is 5.03. The Hall–Kier alpha value is -1.23. The summed E-state index contributed by atoms with van der Waals surface area (Å²) in [6.07, 6.45) is 0.148. The smallest absolute Gasteiger partial charge is 0.154 e. The van der Waals surface area contributed by atoms with Gasteiger partial charge in [0.25, 0.3) is 0 Å². The van der Waals surface area contributed by atoms with Crippen LogP contribution in [0, 0.1) is 0 Å². The fraction of sp³-hybridized carbons (Fsp3) is 0.571. The Bertz CT molecular complexity index is 478. The highest BCUT2D eigenvalue weighted by Gasteiger charge is 2.14. The first-order valence-corrected chi connectivity index (χ1v) is 8.25. The van der Waals surface area contributed by atoms with Gasteiger partial charge in [-0.2, -0.15) is 0 Å². The van der Waals surface area contributed by atoms with Crippen LogP contribution in [0.25, 0.3) is 0 Å². The molecule has 0 bridgehead atoms. The fourth-order valence-corrected chi connectivity index (χ4v) is 2.35. The van der Waals surface area contributed by atoms with E-state index in [1.54, 1.807) is 13.8 Å². The molecule has 0 atom stereocenters. The minimum Gasteiger partial charge on any atom is -0.491 e. The normalized spacial score (nSPS) is 11.9. The molecule has 1 aromatic rings. The first-order chi connectivity index (χ1) is 8.81. The van der Waals surface area contributed by atoms with E-state index < -0.39 is 9.84 Å². The van der Waals surface area contributed by atoms with Gasteiger partial charge in [0, 0.05) is 12.2 Å². The minimum absolute atomic E-state index is 0.148. The molecule has 19 heavy (non-hydrogen) atoms. The largest absolute Gasteiger partial charge is 0.491 e. The van der Waals surface area contributed by atoms with E-state index in [1.807, 2.05) is 38.1 Å². The summed E-state index contributed by atoms with van der Waals surface area (Å²) in [7, 11) is -2.98. The lowest BCUT2D eigenvalue weighted by molar-refractivity contribution is 0.242. The van der Waals surface area contributed by atoms with Gasteiger partial charge in [-0.05, 0) is 52.0 Å². The molecule has 0 radical (unpaired) electrons. The SMILES string of the molecule is CC(C)Oc1ccc(NCCS(=O)(=O)C(C)C)cc1. The van der Waals surface area contributed by atoms with E-state index in [0.29, 0.717) is 6.54 Å². The molecule has 0 aliphatic rings. The van der Waals surface area contributed by atoms with Crippen molar-refractivity contribution in [1.82, 2.24) is 0 Å². The highest BCUT2D eigenvalue weighted by Crippen LogP contribution is 2.16. The maximum absolute atomic E-state index is 11.6. The van der Waals surface area contributed by atoms with Gasteiger partial charge >= 0.3 is 0 Å². The summed E-state index contributed by atoms with van der Waals surface area (Å²) in [6, 6.07) is 7.53. The van der Waals surface area contributed by atoms with Gasteiger partial charge in [-0.1, -0.05) is 0 Å². The van der Waals surface area contributed by atoms with E-state index >= 15 is 0 Å². The molecule has 4 nitrogen and oxygen atoms in total. The van der Waals surface area contributed by atoms with Crippen LogP contribution >= 0.6 is 0 Å². The maximum atomic E-state index is 11.6. The lowest BCUT2D eigenvalue weighted by Gasteiger charge is -2.12. The molecule has 0 aliphatic heterocycles. The van der Waals surface area contributed by atoms with Crippen molar-refractivity contribution < 1.29 is 13.2 Å². The quantitative estimate of drug-likeness (QED) is 0.837. The van der Waals surface area contributed by atoms with Gasteiger partial charge in [0.1, 0.15) is 5.75 Å². The second kappa shape index (κ2) is 6.80. The van der Waals surface area contributed by atoms with Crippen LogP contribution in [0.1, 0.15) is 27.7 Å². The first kappa shape index (κ1) is 15.8. The number of benzene rings is 1. The molecule has 0 spiro atoms. The molecule has 0 amide bonds. The Labute approximate surface area is 116 Å². The van der Waals surface area contributed by atoms with Crippen LogP contribution in [0.15, 0.2) is 24.3 Å². The Morgan fingerprint density at radius 3 is 2.16 bits per heavy atom. The topological polar surface area (TPSA) is 55.4 Å². The van der Waals surface area contributed by atoms with Crippen LogP contribution in [0.3, 0.4) is 0 Å². The summed E-state index contributed by atoms with van der Waals surface area (Å²) in [5.41, 5.74) is 0.898. The van der Waals surface area contributed by atoms with Gasteiger partial charge in [-0.25, -0.2) is 8.42 Å². The van der Waals surface area contributed by atoms with Crippen LogP contribution in [-0.4, -0.2) is 32.1 Å². The average Bonchev–Trinajstić information content (AvgIpc) is 2.30. The van der Waals surface area contributed by atoms with Crippen molar-refractivity contribution in [3.63, 3.8) is 0 Å². The summed E-state index contributed by atoms with van der Waals surface area (Å²) >= 11 is 0. The van der Waals surface area contributed by atoms with Gasteiger partial charge in [0.2, 0.25) is 0 Å². The van der Waals surface area contributed by atoms with Crippen molar-refractivity contribution in [3.8, 4) is 5.75 Å². The van der Waals surface area contributed by atoms with Crippen LogP contribution in [0.5, 0.6) is 5.75 Å². The van der Waals surface area contributed by atoms with E-state index in [9.17, 15) is 8.42 Å². The summed E-state index contributed by atoms with van der Waals surface area (Å²) in [5.74, 6) is 0.963. The molecule has 1 rings (SSSR count). The zero-order chi connectivity index (χ0) is 14.5. The summed E-state index contributed by atoms with van der Waals surface area (Å²) in [4.78, 5) is 0. The number of hydrogen-bond acceptors (Lipinski definition) is 4. The molecule has 5 heteroatoms. The molecule has 0 aliphatic carbocycles. The number of anilines is 1. The summed E-state index contributed by atoms with van der Waals surface area (Å²) < 4.78 is 28.8. The van der Waals surface area contributed by atoms with Gasteiger partial charge in [-0.3, -0.25) is 0 Å². The molecule has 1 aromatic carbocycles. The van der Waals surface area contributed by atoms with Gasteiger partial charge < -0.3 is 10.1 Å². The lowest BCUT2D eigenvalue weighted by Crippen LogP contribution is -2.22. The van der Waals surface area contributed by atoms with E-state index in [1.165, 1.54) is 0 Å². The van der Waals surface area contributed by atoms with E-state index in [0.717, 1.165) is 11.4 Å². The zero-order valence-corrected chi connectivity index (χ0v) is 12.8. The van der Waals surface area contributed by atoms with Crippen LogP contribution < -0.4 is 10.1 Å². The molecule has 0 fully saturated rings. The monoisotopic (exact) mass is 285 g/mol. The van der Waals surface area contributed by atoms with Gasteiger partial charge in [0.05, 0.1) is 17.1 Å². The average molecular weight is 285 g/mol. The van der Waals surface area contributed by atoms with Crippen molar-refractivity contribution >= 4 is 15.5 Å². The van der Waals surface area contributed by atoms with E-state index in [-0.39, 0.29) is 17.1 Å². The third kappa shape index (κ3) is 5.51. The molecular weight excluding hydrogens is 262 g/mol. The molecule has 0 aromatic heterocycles. The minimum atomic E-state index is -2.98.